The van der Waals surface area contributed by atoms with Gasteiger partial charge in [-0.15, -0.1) is 0 Å². The van der Waals surface area contributed by atoms with E-state index in [1.165, 1.54) is 12.1 Å². The highest BCUT2D eigenvalue weighted by Gasteiger charge is 2.35. The first kappa shape index (κ1) is 15.3. The van der Waals surface area contributed by atoms with Crippen molar-refractivity contribution < 1.29 is 13.6 Å². The summed E-state index contributed by atoms with van der Waals surface area (Å²) in [6.07, 6.45) is 2.25. The fourth-order valence-corrected chi connectivity index (χ4v) is 3.77. The maximum atomic E-state index is 13.9. The topological polar surface area (TPSA) is 48.1 Å². The van der Waals surface area contributed by atoms with Gasteiger partial charge in [0.15, 0.2) is 0 Å². The van der Waals surface area contributed by atoms with Crippen molar-refractivity contribution >= 4 is 5.91 Å². The van der Waals surface area contributed by atoms with Crippen LogP contribution in [0.1, 0.15) is 23.3 Å². The lowest BCUT2D eigenvalue weighted by Crippen LogP contribution is -2.57. The Morgan fingerprint density at radius 2 is 1.96 bits per heavy atom. The van der Waals surface area contributed by atoms with Gasteiger partial charge in [0, 0.05) is 29.9 Å². The molecule has 0 unspecified atom stereocenters. The molecule has 0 spiro atoms. The lowest BCUT2D eigenvalue weighted by molar-refractivity contribution is 0.0618. The lowest BCUT2D eigenvalue weighted by Gasteiger charge is -2.44. The summed E-state index contributed by atoms with van der Waals surface area (Å²) in [7, 11) is 0. The van der Waals surface area contributed by atoms with Crippen LogP contribution in [0.3, 0.4) is 0 Å². The Hall–Kier alpha value is -2.21. The minimum Gasteiger partial charge on any atom is -0.350 e. The minimum atomic E-state index is -0.652. The molecule has 5 rings (SSSR count). The van der Waals surface area contributed by atoms with Gasteiger partial charge >= 0.3 is 0 Å². The number of piperidine rings is 3. The van der Waals surface area contributed by atoms with E-state index < -0.39 is 11.6 Å². The van der Waals surface area contributed by atoms with E-state index in [1.807, 2.05) is 0 Å². The molecule has 1 amide bonds. The van der Waals surface area contributed by atoms with Crippen LogP contribution in [0, 0.1) is 17.6 Å². The highest BCUT2D eigenvalue weighted by atomic mass is 19.1. The van der Waals surface area contributed by atoms with Crippen molar-refractivity contribution in [3.63, 3.8) is 0 Å². The summed E-state index contributed by atoms with van der Waals surface area (Å²) in [5.41, 5.74) is 1.11. The predicted molar refractivity (Wildman–Crippen MR) is 86.6 cm³/mol. The SMILES string of the molecule is O=C(N[C@H]1CN2CCC1CC2)c1ccc(-c2ccc(F)cc2F)[nH]1. The molecule has 24 heavy (non-hydrogen) atoms. The summed E-state index contributed by atoms with van der Waals surface area (Å²) in [6, 6.07) is 6.85. The smallest absolute Gasteiger partial charge is 0.267 e. The fourth-order valence-electron chi connectivity index (χ4n) is 3.77. The second kappa shape index (κ2) is 6.02. The second-order valence-corrected chi connectivity index (χ2v) is 6.63. The Bertz CT molecular complexity index is 765. The number of carbonyl (C=O) groups excluding carboxylic acids is 1. The molecule has 3 fully saturated rings. The number of H-pyrrole nitrogens is 1. The zero-order valence-electron chi connectivity index (χ0n) is 13.2. The zero-order chi connectivity index (χ0) is 16.7. The largest absolute Gasteiger partial charge is 0.350 e. The van der Waals surface area contributed by atoms with Crippen LogP contribution < -0.4 is 5.32 Å². The molecule has 126 valence electrons. The van der Waals surface area contributed by atoms with E-state index in [1.54, 1.807) is 12.1 Å². The molecule has 2 bridgehead atoms. The van der Waals surface area contributed by atoms with Gasteiger partial charge in [-0.1, -0.05) is 0 Å². The monoisotopic (exact) mass is 331 g/mol. The lowest BCUT2D eigenvalue weighted by atomic mass is 9.84. The standard InChI is InChI=1S/C18H19F2N3O/c19-12-1-2-13(14(20)9-12)15-3-4-16(21-15)18(24)22-17-10-23-7-5-11(17)6-8-23/h1-4,9,11,17,21H,5-8,10H2,(H,22,24)/t17-/m0/s1. The number of hydrogen-bond acceptors (Lipinski definition) is 2. The molecule has 3 aliphatic rings. The van der Waals surface area contributed by atoms with E-state index in [-0.39, 0.29) is 17.5 Å². The molecular formula is C18H19F2N3O. The first-order valence-corrected chi connectivity index (χ1v) is 8.28. The van der Waals surface area contributed by atoms with Crippen LogP contribution in [0.4, 0.5) is 8.78 Å². The van der Waals surface area contributed by atoms with Crippen molar-refractivity contribution in [2.45, 2.75) is 18.9 Å². The van der Waals surface area contributed by atoms with Crippen LogP contribution >= 0.6 is 0 Å². The summed E-state index contributed by atoms with van der Waals surface area (Å²) in [6.45, 7) is 3.14. The second-order valence-electron chi connectivity index (χ2n) is 6.63. The average Bonchev–Trinajstić information content (AvgIpc) is 3.06. The molecule has 3 saturated heterocycles. The van der Waals surface area contributed by atoms with E-state index in [4.69, 9.17) is 0 Å². The number of nitrogens with one attached hydrogen (secondary N) is 2. The molecule has 0 saturated carbocycles. The fraction of sp³-hybridized carbons (Fsp3) is 0.389. The van der Waals surface area contributed by atoms with Crippen LogP contribution in [-0.4, -0.2) is 41.5 Å². The first-order chi connectivity index (χ1) is 11.6. The summed E-state index contributed by atoms with van der Waals surface area (Å²) < 4.78 is 26.9. The Labute approximate surface area is 138 Å². The minimum absolute atomic E-state index is 0.175. The van der Waals surface area contributed by atoms with Crippen molar-refractivity contribution in [1.82, 2.24) is 15.2 Å². The number of benzene rings is 1. The maximum Gasteiger partial charge on any atom is 0.267 e. The van der Waals surface area contributed by atoms with Crippen molar-refractivity contribution in [1.29, 1.82) is 0 Å². The first-order valence-electron chi connectivity index (χ1n) is 8.28. The van der Waals surface area contributed by atoms with Crippen molar-refractivity contribution in [2.24, 2.45) is 5.92 Å². The molecule has 1 aromatic heterocycles. The third-order valence-corrected chi connectivity index (χ3v) is 5.12. The van der Waals surface area contributed by atoms with Gasteiger partial charge in [-0.2, -0.15) is 0 Å². The summed E-state index contributed by atoms with van der Waals surface area (Å²) in [5.74, 6) is -0.908. The van der Waals surface area contributed by atoms with Crippen LogP contribution in [0.2, 0.25) is 0 Å². The number of aromatic amines is 1. The van der Waals surface area contributed by atoms with Gasteiger partial charge in [-0.25, -0.2) is 8.78 Å². The Balaban J connectivity index is 1.49. The number of amides is 1. The van der Waals surface area contributed by atoms with Gasteiger partial charge in [-0.05, 0) is 56.1 Å². The maximum absolute atomic E-state index is 13.9. The van der Waals surface area contributed by atoms with E-state index >= 15 is 0 Å². The number of nitrogens with zero attached hydrogens (tertiary/aromatic N) is 1. The molecule has 2 aromatic rings. The van der Waals surface area contributed by atoms with Crippen molar-refractivity contribution in [3.05, 3.63) is 47.7 Å². The highest BCUT2D eigenvalue weighted by molar-refractivity contribution is 5.93. The number of rotatable bonds is 3. The number of aromatic nitrogens is 1. The van der Waals surface area contributed by atoms with E-state index in [9.17, 15) is 13.6 Å². The van der Waals surface area contributed by atoms with Gasteiger partial charge in [0.2, 0.25) is 0 Å². The van der Waals surface area contributed by atoms with Crippen LogP contribution in [0.25, 0.3) is 11.3 Å². The molecule has 2 N–H and O–H groups in total. The van der Waals surface area contributed by atoms with E-state index in [0.717, 1.165) is 38.5 Å². The van der Waals surface area contributed by atoms with Gasteiger partial charge in [0.25, 0.3) is 5.91 Å². The Morgan fingerprint density at radius 3 is 2.62 bits per heavy atom. The van der Waals surface area contributed by atoms with Crippen LogP contribution in [0.5, 0.6) is 0 Å². The van der Waals surface area contributed by atoms with Crippen LogP contribution in [0.15, 0.2) is 30.3 Å². The van der Waals surface area contributed by atoms with Crippen LogP contribution in [-0.2, 0) is 0 Å². The molecule has 4 nitrogen and oxygen atoms in total. The summed E-state index contributed by atoms with van der Waals surface area (Å²) in [4.78, 5) is 17.8. The number of hydrogen-bond donors (Lipinski definition) is 2. The summed E-state index contributed by atoms with van der Waals surface area (Å²) >= 11 is 0. The average molecular weight is 331 g/mol. The number of carbonyl (C=O) groups is 1. The highest BCUT2D eigenvalue weighted by Crippen LogP contribution is 2.28. The Morgan fingerprint density at radius 1 is 1.17 bits per heavy atom. The van der Waals surface area contributed by atoms with Gasteiger partial charge in [0.1, 0.15) is 17.3 Å². The van der Waals surface area contributed by atoms with E-state index in [2.05, 4.69) is 15.2 Å². The van der Waals surface area contributed by atoms with Gasteiger partial charge in [0.05, 0.1) is 0 Å². The van der Waals surface area contributed by atoms with Crippen molar-refractivity contribution in [3.8, 4) is 11.3 Å². The normalized spacial score (nSPS) is 25.7. The molecule has 3 aliphatic heterocycles. The molecular weight excluding hydrogens is 312 g/mol. The quantitative estimate of drug-likeness (QED) is 0.909. The molecule has 0 aliphatic carbocycles. The van der Waals surface area contributed by atoms with Gasteiger partial charge in [-0.3, -0.25) is 4.79 Å². The number of fused-ring (bicyclic) bond motifs is 3. The zero-order valence-corrected chi connectivity index (χ0v) is 13.2. The van der Waals surface area contributed by atoms with E-state index in [0.29, 0.717) is 17.3 Å². The Kier molecular flexibility index (Phi) is 3.84. The van der Waals surface area contributed by atoms with Crippen molar-refractivity contribution in [2.75, 3.05) is 19.6 Å². The van der Waals surface area contributed by atoms with Gasteiger partial charge < -0.3 is 15.2 Å². The molecule has 1 aromatic carbocycles. The summed E-state index contributed by atoms with van der Waals surface area (Å²) in [5, 5.41) is 3.09. The molecule has 1 atom stereocenters. The number of halogens is 2. The predicted octanol–water partition coefficient (Wildman–Crippen LogP) is 2.78. The molecule has 6 heteroatoms. The third kappa shape index (κ3) is 2.82. The molecule has 0 radical (unpaired) electrons. The molecule has 4 heterocycles. The third-order valence-electron chi connectivity index (χ3n) is 5.12.